The van der Waals surface area contributed by atoms with E-state index in [-0.39, 0.29) is 138 Å². The molecule has 14 aliphatic carbocycles. The molecular weight excluding hydrogens is 1570 g/mol. The second-order valence-electron chi connectivity index (χ2n) is 28.9. The van der Waals surface area contributed by atoms with Gasteiger partial charge < -0.3 is 62.3 Å². The van der Waals surface area contributed by atoms with Gasteiger partial charge in [-0.1, -0.05) is 119 Å². The van der Waals surface area contributed by atoms with Crippen molar-refractivity contribution >= 4 is 79.4 Å². The van der Waals surface area contributed by atoms with Crippen LogP contribution in [0.5, 0.6) is 51.7 Å². The first-order chi connectivity index (χ1) is 58.1. The van der Waals surface area contributed by atoms with Crippen LogP contribution in [0.15, 0.2) is 269 Å². The molecule has 0 amide bonds. The first-order valence-electron chi connectivity index (χ1n) is 38.0. The smallest absolute Gasteiger partial charge is 0.225 e. The van der Waals surface area contributed by atoms with Crippen molar-refractivity contribution in [1.29, 1.82) is 0 Å². The molecule has 123 heavy (non-hydrogen) atoms. The van der Waals surface area contributed by atoms with E-state index in [4.69, 9.17) is 57.6 Å². The summed E-state index contributed by atoms with van der Waals surface area (Å²) in [7, 11) is 16.8. The lowest BCUT2D eigenvalue weighted by Crippen LogP contribution is -2.49. The summed E-state index contributed by atoms with van der Waals surface area (Å²) in [6, 6.07) is 51.4. The number of carbonyl (C=O) groups excluding carboxylic acids is 10. The summed E-state index contributed by atoms with van der Waals surface area (Å²) < 4.78 is 58.4. The van der Waals surface area contributed by atoms with E-state index in [1.807, 2.05) is 115 Å². The molecule has 23 rings (SSSR count). The molecule has 23 nitrogen and oxygen atoms in total. The van der Waals surface area contributed by atoms with Crippen molar-refractivity contribution < 1.29 is 110 Å². The fourth-order valence-corrected chi connectivity index (χ4v) is 18.5. The van der Waals surface area contributed by atoms with E-state index in [1.165, 1.54) is 113 Å². The molecule has 0 spiro atoms. The van der Waals surface area contributed by atoms with Gasteiger partial charge in [0.05, 0.1) is 78.2 Å². The maximum absolute atomic E-state index is 13.3. The molecule has 0 saturated carbocycles. The predicted octanol–water partition coefficient (Wildman–Crippen LogP) is 15.6. The molecule has 9 aromatic rings. The van der Waals surface area contributed by atoms with E-state index in [2.05, 4.69) is 35.1 Å². The number of carbonyl (C=O) groups is 10. The Kier molecular flexibility index (Phi) is 25.4. The quantitative estimate of drug-likeness (QED) is 0.0690. The van der Waals surface area contributed by atoms with Crippen LogP contribution in [0.4, 0.5) is 0 Å². The molecular formula is C100H90O23. The summed E-state index contributed by atoms with van der Waals surface area (Å²) in [5.41, 5.74) is 11.7. The number of ether oxygens (including phenoxy) is 11. The Morgan fingerprint density at radius 3 is 1.04 bits per heavy atom. The molecule has 0 heterocycles. The van der Waals surface area contributed by atoms with Crippen molar-refractivity contribution in [2.75, 3.05) is 78.2 Å². The van der Waals surface area contributed by atoms with Gasteiger partial charge in [-0.15, -0.1) is 0 Å². The first-order valence-corrected chi connectivity index (χ1v) is 38.0. The standard InChI is InChI=1S/C23H20O5.C23H18O5.C21H12O5.C16H14O2.C7H8O3.C7H6O3.3CH4/c2*1-26-14-8-9-15(27-2)21-18-12-7-5-4-6-11(12)17(20(14)21)19-13(24)10-16(28-3)23(25)22(18)19;1-26-14-8-13(24)19-15-9-4-2-3-5-10(9)16(20(19)21(14)25)18-12(23)7-6-11(22)17(15)18;1-17-15-7-8-16(18-2)14-10-12-6-4-3-5-11(12)9-13(14)15;2*1-10-7-4-5(8)2-3-6(7)9;;;/h4-10,17-19,22H,1-3H3;4-10,17-18H,1-3H3;2-8,15-16H,1H3;3-10H,1-2H3;2-4,8-9H,1H3;2-4H,1H3;3*1H4. The molecule has 0 fully saturated rings. The lowest BCUT2D eigenvalue weighted by Gasteiger charge is -2.50. The first kappa shape index (κ1) is 87.6. The average molecular weight is 1660 g/mol. The Morgan fingerprint density at radius 2 is 0.626 bits per heavy atom. The van der Waals surface area contributed by atoms with Crippen LogP contribution in [-0.2, 0) is 66.9 Å². The maximum Gasteiger partial charge on any atom is 0.225 e. The summed E-state index contributed by atoms with van der Waals surface area (Å²) in [4.78, 5) is 125. The van der Waals surface area contributed by atoms with Crippen LogP contribution in [0.2, 0.25) is 0 Å². The Morgan fingerprint density at radius 1 is 0.276 bits per heavy atom. The molecule has 8 atom stereocenters. The van der Waals surface area contributed by atoms with Crippen LogP contribution in [0.25, 0.3) is 21.5 Å². The number of rotatable bonds is 11. The number of aromatic hydroxyl groups is 2. The van der Waals surface area contributed by atoms with Gasteiger partial charge in [0.1, 0.15) is 40.2 Å². The van der Waals surface area contributed by atoms with Crippen molar-refractivity contribution in [3.8, 4) is 51.7 Å². The largest absolute Gasteiger partial charge is 0.508 e. The Hall–Kier alpha value is -14.7. The maximum atomic E-state index is 13.3. The van der Waals surface area contributed by atoms with Gasteiger partial charge in [-0.3, -0.25) is 47.9 Å². The molecule has 0 radical (unpaired) electrons. The minimum Gasteiger partial charge on any atom is -0.508 e. The third-order valence-electron chi connectivity index (χ3n) is 23.4. The fraction of sp³-hybridized carbons (Fsp3) is 0.220. The van der Waals surface area contributed by atoms with Crippen LogP contribution < -0.4 is 33.2 Å². The van der Waals surface area contributed by atoms with Gasteiger partial charge in [0.15, 0.2) is 69.2 Å². The van der Waals surface area contributed by atoms with E-state index in [0.29, 0.717) is 45.1 Å². The van der Waals surface area contributed by atoms with Crippen LogP contribution in [0, 0.1) is 11.8 Å². The molecule has 23 heteroatoms. The zero-order valence-corrected chi connectivity index (χ0v) is 66.8. The number of hydrogen-bond donors (Lipinski definition) is 2. The Balaban J connectivity index is 0.000000139. The molecule has 0 saturated heterocycles. The highest BCUT2D eigenvalue weighted by Gasteiger charge is 2.60. The van der Waals surface area contributed by atoms with Gasteiger partial charge in [-0.05, 0) is 129 Å². The van der Waals surface area contributed by atoms with Crippen molar-refractivity contribution in [3.05, 3.63) is 325 Å². The third kappa shape index (κ3) is 14.6. The topological polar surface area (TPSA) is 313 Å². The Bertz CT molecular complexity index is 6210. The van der Waals surface area contributed by atoms with Crippen molar-refractivity contribution in [2.45, 2.75) is 57.8 Å². The third-order valence-corrected chi connectivity index (χ3v) is 23.4. The second-order valence-corrected chi connectivity index (χ2v) is 28.9. The lowest BCUT2D eigenvalue weighted by molar-refractivity contribution is -0.134. The van der Waals surface area contributed by atoms with Crippen molar-refractivity contribution in [2.24, 2.45) is 11.8 Å². The normalized spacial score (nSPS) is 20.2. The summed E-state index contributed by atoms with van der Waals surface area (Å²) in [5.74, 6) is -0.825. The summed E-state index contributed by atoms with van der Waals surface area (Å²) in [5, 5.41) is 22.4. The zero-order valence-electron chi connectivity index (χ0n) is 66.8. The van der Waals surface area contributed by atoms with Gasteiger partial charge in [-0.2, -0.15) is 0 Å². The second kappa shape index (κ2) is 35.7. The van der Waals surface area contributed by atoms with E-state index in [1.54, 1.807) is 42.7 Å². The summed E-state index contributed by atoms with van der Waals surface area (Å²) >= 11 is 0. The number of Topliss-reactive ketones (excluding diaryl/α,β-unsaturated/α-hetero) is 3. The fourth-order valence-electron chi connectivity index (χ4n) is 18.5. The molecule has 0 aliphatic heterocycles. The van der Waals surface area contributed by atoms with Gasteiger partial charge in [0, 0.05) is 144 Å². The number of benzene rings is 9. The average Bonchev–Trinajstić information content (AvgIpc) is 0.645. The number of ketones is 10. The monoisotopic (exact) mass is 1660 g/mol. The van der Waals surface area contributed by atoms with Gasteiger partial charge in [-0.25, -0.2) is 0 Å². The highest BCUT2D eigenvalue weighted by Crippen LogP contribution is 2.66. The molecule has 0 aromatic heterocycles. The van der Waals surface area contributed by atoms with Crippen molar-refractivity contribution in [1.82, 2.24) is 0 Å². The van der Waals surface area contributed by atoms with Crippen LogP contribution in [0.1, 0.15) is 113 Å². The number of phenols is 2. The summed E-state index contributed by atoms with van der Waals surface area (Å²) in [6.45, 7) is 0. The number of methoxy groups -OCH3 is 11. The van der Waals surface area contributed by atoms with Gasteiger partial charge >= 0.3 is 0 Å². The van der Waals surface area contributed by atoms with Crippen molar-refractivity contribution in [3.63, 3.8) is 0 Å². The molecule has 628 valence electrons. The summed E-state index contributed by atoms with van der Waals surface area (Å²) in [6.07, 6.45) is 9.91. The Labute approximate surface area is 710 Å². The van der Waals surface area contributed by atoms with E-state index >= 15 is 0 Å². The molecule has 9 aromatic carbocycles. The number of phenolic OH excluding ortho intramolecular Hbond substituents is 2. The highest BCUT2D eigenvalue weighted by atomic mass is 16.5. The minimum atomic E-state index is -0.710. The number of fused-ring (bicyclic) bond motifs is 2. The van der Waals surface area contributed by atoms with Gasteiger partial charge in [0.25, 0.3) is 0 Å². The molecule has 6 bridgehead atoms. The number of allylic oxidation sites excluding steroid dienone is 15. The minimum absolute atomic E-state index is 0. The SMILES string of the molecule is C.C.C.COC1=CC(=O)C2=C(C1=O)C1C3=C(C(=O)C=CC3=O)C2c2ccccc21.COC1=CC(=O)C2=C(C1=O)C1c3ccccc3C2c2c(OC)ccc(OC)c21.COC1=CC(=O)C2C3c4ccccc4C(c4c(OC)ccc(OC)c43)C2C1=O.COC1=CC(=O)C=CC1=O.COc1cc(O)ccc1O.COc1ccc(OC)c2cc3ccccc3cc12. The lowest BCUT2D eigenvalue weighted by atomic mass is 9.51. The molecule has 8 unspecified atom stereocenters. The predicted molar refractivity (Wildman–Crippen MR) is 459 cm³/mol. The van der Waals surface area contributed by atoms with Crippen LogP contribution in [0.3, 0.4) is 0 Å². The van der Waals surface area contributed by atoms with E-state index in [9.17, 15) is 47.9 Å². The zero-order chi connectivity index (χ0) is 85.0. The van der Waals surface area contributed by atoms with E-state index in [0.717, 1.165) is 83.7 Å². The highest BCUT2D eigenvalue weighted by molar-refractivity contribution is 6.31. The molecule has 14 aliphatic rings. The van der Waals surface area contributed by atoms with E-state index < -0.39 is 35.4 Å². The molecule has 2 N–H and O–H groups in total. The van der Waals surface area contributed by atoms with Gasteiger partial charge in [0.2, 0.25) is 23.1 Å². The van der Waals surface area contributed by atoms with Crippen LogP contribution in [-0.4, -0.2) is 146 Å². The van der Waals surface area contributed by atoms with Crippen LogP contribution >= 0.6 is 0 Å². The number of hydrogen-bond acceptors (Lipinski definition) is 23.